The normalized spacial score (nSPS) is 15.3. The van der Waals surface area contributed by atoms with Crippen LogP contribution in [0.15, 0.2) is 54.3 Å². The van der Waals surface area contributed by atoms with E-state index in [1.807, 2.05) is 0 Å². The number of imide groups is 1. The van der Waals surface area contributed by atoms with E-state index in [1.165, 1.54) is 12.1 Å². The average molecular weight is 351 g/mol. The number of nitrogens with zero attached hydrogens (tertiary/aromatic N) is 1. The molecule has 128 valence electrons. The van der Waals surface area contributed by atoms with Gasteiger partial charge in [-0.15, -0.1) is 0 Å². The Kier molecular flexibility index (Phi) is 3.82. The number of rotatable bonds is 2. The van der Waals surface area contributed by atoms with Crippen LogP contribution in [0.4, 0.5) is 23.2 Å². The van der Waals surface area contributed by atoms with Crippen molar-refractivity contribution < 1.29 is 32.3 Å². The second-order valence-corrected chi connectivity index (χ2v) is 5.22. The third-order valence-electron chi connectivity index (χ3n) is 3.65. The fourth-order valence-electron chi connectivity index (χ4n) is 2.43. The highest BCUT2D eigenvalue weighted by molar-refractivity contribution is 6.44. The minimum atomic E-state index is -4.56. The molecule has 0 aromatic heterocycles. The SMILES string of the molecule is O=C1C(O)=C(c2ccc(F)cc2)C(=O)N1c1ccc(C(F)(F)F)cc1. The monoisotopic (exact) mass is 351 g/mol. The van der Waals surface area contributed by atoms with Crippen molar-refractivity contribution in [1.82, 2.24) is 0 Å². The molecule has 0 fully saturated rings. The summed E-state index contributed by atoms with van der Waals surface area (Å²) in [6.07, 6.45) is -4.56. The number of aliphatic hydroxyl groups excluding tert-OH is 1. The van der Waals surface area contributed by atoms with Crippen LogP contribution in [0.2, 0.25) is 0 Å². The molecule has 3 rings (SSSR count). The third kappa shape index (κ3) is 2.86. The zero-order valence-electron chi connectivity index (χ0n) is 12.3. The van der Waals surface area contributed by atoms with Crippen molar-refractivity contribution in [2.24, 2.45) is 0 Å². The summed E-state index contributed by atoms with van der Waals surface area (Å²) in [6.45, 7) is 0. The van der Waals surface area contributed by atoms with Gasteiger partial charge in [0.2, 0.25) is 0 Å². The molecule has 0 aliphatic carbocycles. The van der Waals surface area contributed by atoms with E-state index in [1.54, 1.807) is 0 Å². The fourth-order valence-corrected chi connectivity index (χ4v) is 2.43. The number of amides is 2. The first kappa shape index (κ1) is 16.7. The van der Waals surface area contributed by atoms with Crippen LogP contribution in [-0.2, 0) is 15.8 Å². The standard InChI is InChI=1S/C17H9F4NO3/c18-11-5-1-9(2-6-11)13-14(23)16(25)22(15(13)24)12-7-3-10(4-8-12)17(19,20)21/h1-8,23H. The molecule has 8 heteroatoms. The van der Waals surface area contributed by atoms with Crippen molar-refractivity contribution in [3.63, 3.8) is 0 Å². The van der Waals surface area contributed by atoms with Crippen molar-refractivity contribution in [2.45, 2.75) is 6.18 Å². The molecule has 0 spiro atoms. The number of anilines is 1. The number of hydrogen-bond donors (Lipinski definition) is 1. The van der Waals surface area contributed by atoms with Crippen molar-refractivity contribution in [3.8, 4) is 0 Å². The van der Waals surface area contributed by atoms with Crippen LogP contribution in [0, 0.1) is 5.82 Å². The molecule has 0 radical (unpaired) electrons. The average Bonchev–Trinajstić information content (AvgIpc) is 2.78. The van der Waals surface area contributed by atoms with Gasteiger partial charge in [0.05, 0.1) is 16.8 Å². The molecular formula is C17H9F4NO3. The van der Waals surface area contributed by atoms with Gasteiger partial charge in [0, 0.05) is 0 Å². The molecule has 0 atom stereocenters. The number of benzene rings is 2. The molecule has 0 unspecified atom stereocenters. The third-order valence-corrected chi connectivity index (χ3v) is 3.65. The van der Waals surface area contributed by atoms with Gasteiger partial charge in [0.1, 0.15) is 5.82 Å². The number of carbonyl (C=O) groups is 2. The highest BCUT2D eigenvalue weighted by Gasteiger charge is 2.40. The molecular weight excluding hydrogens is 342 g/mol. The molecule has 1 N–H and O–H groups in total. The predicted octanol–water partition coefficient (Wildman–Crippen LogP) is 3.69. The van der Waals surface area contributed by atoms with E-state index in [0.717, 1.165) is 36.4 Å². The molecule has 0 saturated carbocycles. The number of hydrogen-bond acceptors (Lipinski definition) is 3. The van der Waals surface area contributed by atoms with Gasteiger partial charge in [0.15, 0.2) is 5.76 Å². The minimum absolute atomic E-state index is 0.117. The van der Waals surface area contributed by atoms with Crippen LogP contribution in [0.5, 0.6) is 0 Å². The molecule has 1 aliphatic heterocycles. The van der Waals surface area contributed by atoms with Crippen LogP contribution in [0.1, 0.15) is 11.1 Å². The zero-order chi connectivity index (χ0) is 18.4. The molecule has 1 aliphatic rings. The highest BCUT2D eigenvalue weighted by atomic mass is 19.4. The number of alkyl halides is 3. The molecule has 2 amide bonds. The Morgan fingerprint density at radius 1 is 0.840 bits per heavy atom. The topological polar surface area (TPSA) is 57.6 Å². The molecule has 25 heavy (non-hydrogen) atoms. The van der Waals surface area contributed by atoms with Gasteiger partial charge in [-0.1, -0.05) is 12.1 Å². The summed E-state index contributed by atoms with van der Waals surface area (Å²) in [4.78, 5) is 25.2. The van der Waals surface area contributed by atoms with E-state index < -0.39 is 35.1 Å². The molecule has 0 bridgehead atoms. The number of halogens is 4. The van der Waals surface area contributed by atoms with E-state index in [0.29, 0.717) is 4.90 Å². The summed E-state index contributed by atoms with van der Waals surface area (Å²) in [5.41, 5.74) is -1.28. The van der Waals surface area contributed by atoms with Crippen LogP contribution in [0.3, 0.4) is 0 Å². The van der Waals surface area contributed by atoms with Crippen molar-refractivity contribution in [2.75, 3.05) is 4.90 Å². The van der Waals surface area contributed by atoms with E-state index >= 15 is 0 Å². The Morgan fingerprint density at radius 3 is 1.92 bits per heavy atom. The van der Waals surface area contributed by atoms with Crippen LogP contribution < -0.4 is 4.90 Å². The van der Waals surface area contributed by atoms with Gasteiger partial charge in [-0.2, -0.15) is 13.2 Å². The van der Waals surface area contributed by atoms with Crippen molar-refractivity contribution >= 4 is 23.1 Å². The van der Waals surface area contributed by atoms with Gasteiger partial charge < -0.3 is 5.11 Å². The Labute approximate surface area is 138 Å². The first-order valence-corrected chi connectivity index (χ1v) is 6.95. The quantitative estimate of drug-likeness (QED) is 0.663. The van der Waals surface area contributed by atoms with Crippen molar-refractivity contribution in [3.05, 3.63) is 71.2 Å². The summed E-state index contributed by atoms with van der Waals surface area (Å²) in [7, 11) is 0. The lowest BCUT2D eigenvalue weighted by Gasteiger charge is -2.15. The summed E-state index contributed by atoms with van der Waals surface area (Å²) < 4.78 is 50.8. The van der Waals surface area contributed by atoms with Gasteiger partial charge in [-0.25, -0.2) is 9.29 Å². The van der Waals surface area contributed by atoms with Gasteiger partial charge in [-0.05, 0) is 42.0 Å². The molecule has 4 nitrogen and oxygen atoms in total. The summed E-state index contributed by atoms with van der Waals surface area (Å²) in [6, 6.07) is 7.89. The highest BCUT2D eigenvalue weighted by Crippen LogP contribution is 2.34. The summed E-state index contributed by atoms with van der Waals surface area (Å²) >= 11 is 0. The maximum atomic E-state index is 13.0. The molecule has 2 aromatic rings. The second kappa shape index (κ2) is 5.73. The number of aliphatic hydroxyl groups is 1. The first-order chi connectivity index (χ1) is 11.7. The van der Waals surface area contributed by atoms with E-state index in [9.17, 15) is 32.3 Å². The van der Waals surface area contributed by atoms with Gasteiger partial charge >= 0.3 is 12.1 Å². The lowest BCUT2D eigenvalue weighted by Crippen LogP contribution is -2.31. The number of carbonyl (C=O) groups excluding carboxylic acids is 2. The molecule has 1 heterocycles. The minimum Gasteiger partial charge on any atom is -0.502 e. The lowest BCUT2D eigenvalue weighted by atomic mass is 10.1. The maximum Gasteiger partial charge on any atom is 0.416 e. The van der Waals surface area contributed by atoms with E-state index in [-0.39, 0.29) is 16.8 Å². The van der Waals surface area contributed by atoms with Crippen LogP contribution >= 0.6 is 0 Å². The van der Waals surface area contributed by atoms with Crippen LogP contribution in [0.25, 0.3) is 5.57 Å². The second-order valence-electron chi connectivity index (χ2n) is 5.22. The Balaban J connectivity index is 1.97. The predicted molar refractivity (Wildman–Crippen MR) is 79.9 cm³/mol. The first-order valence-electron chi connectivity index (χ1n) is 6.95. The van der Waals surface area contributed by atoms with Crippen molar-refractivity contribution in [1.29, 1.82) is 0 Å². The molecule has 0 saturated heterocycles. The maximum absolute atomic E-state index is 13.0. The smallest absolute Gasteiger partial charge is 0.416 e. The van der Waals surface area contributed by atoms with Gasteiger partial charge in [-0.3, -0.25) is 9.59 Å². The largest absolute Gasteiger partial charge is 0.502 e. The zero-order valence-corrected chi connectivity index (χ0v) is 12.3. The Morgan fingerprint density at radius 2 is 1.40 bits per heavy atom. The molecule has 2 aromatic carbocycles. The van der Waals surface area contributed by atoms with E-state index in [2.05, 4.69) is 0 Å². The fraction of sp³-hybridized carbons (Fsp3) is 0.0588. The van der Waals surface area contributed by atoms with E-state index in [4.69, 9.17) is 0 Å². The summed E-state index contributed by atoms with van der Waals surface area (Å²) in [5, 5.41) is 9.96. The van der Waals surface area contributed by atoms with Gasteiger partial charge in [0.25, 0.3) is 5.91 Å². The Bertz CT molecular complexity index is 884. The summed E-state index contributed by atoms with van der Waals surface area (Å²) in [5.74, 6) is -3.39. The van der Waals surface area contributed by atoms with Crippen LogP contribution in [-0.4, -0.2) is 16.9 Å². The Hall–Kier alpha value is -3.16. The lowest BCUT2D eigenvalue weighted by molar-refractivity contribution is -0.137.